The molecule has 2 heterocycles. The van der Waals surface area contributed by atoms with Crippen LogP contribution < -0.4 is 5.14 Å². The summed E-state index contributed by atoms with van der Waals surface area (Å²) in [6.45, 7) is 39.8. The number of primary sulfonamides is 1. The molecule has 0 bridgehead atoms. The van der Waals surface area contributed by atoms with Gasteiger partial charge in [0.25, 0.3) is 0 Å². The molecule has 1 aromatic carbocycles. The number of allylic oxidation sites excluding steroid dienone is 2. The van der Waals surface area contributed by atoms with E-state index in [4.69, 9.17) is 23.2 Å². The third-order valence-electron chi connectivity index (χ3n) is 19.0. The molecule has 1 aliphatic carbocycles. The molecule has 2 aromatic rings. The monoisotopic (exact) mass is 1240 g/mol. The highest BCUT2D eigenvalue weighted by molar-refractivity contribution is 7.95. The fraction of sp³-hybridized carbons (Fsp3) is 0.778. The fourth-order valence-electron chi connectivity index (χ4n) is 10.8. The lowest BCUT2D eigenvalue weighted by Gasteiger charge is -2.41. The summed E-state index contributed by atoms with van der Waals surface area (Å²) in [4.78, 5) is 27.9. The number of esters is 1. The summed E-state index contributed by atoms with van der Waals surface area (Å²) in [6.07, 6.45) is 22.5. The van der Waals surface area contributed by atoms with Crippen molar-refractivity contribution in [2.24, 2.45) is 17.0 Å². The van der Waals surface area contributed by atoms with Crippen LogP contribution in [0.15, 0.2) is 57.0 Å². The van der Waals surface area contributed by atoms with Gasteiger partial charge in [0, 0.05) is 31.1 Å². The summed E-state index contributed by atoms with van der Waals surface area (Å²) in [7, 11) is -14.1. The van der Waals surface area contributed by atoms with Crippen LogP contribution in [0.4, 0.5) is 0 Å². The average Bonchev–Trinajstić information content (AvgIpc) is 4.14. The summed E-state index contributed by atoms with van der Waals surface area (Å²) in [5.41, 5.74) is 1.72. The Morgan fingerprint density at radius 3 is 1.83 bits per heavy atom. The fourth-order valence-corrected chi connectivity index (χ4v) is 19.4. The lowest BCUT2D eigenvalue weighted by Crippen LogP contribution is -2.45. The summed E-state index contributed by atoms with van der Waals surface area (Å²) < 4.78 is 78.1. The van der Waals surface area contributed by atoms with Gasteiger partial charge in [-0.3, -0.25) is 9.59 Å². The number of hydrogen-bond donors (Lipinski definition) is 1. The number of fused-ring (bicyclic) bond motifs is 1. The largest absolute Gasteiger partial charge is 0.466 e. The second-order valence-electron chi connectivity index (χ2n) is 28.4. The number of carbonyl (C=O) groups is 2. The minimum absolute atomic E-state index is 0.00304. The molecule has 81 heavy (non-hydrogen) atoms. The molecule has 0 unspecified atom stereocenters. The molecule has 4 rings (SSSR count). The van der Waals surface area contributed by atoms with E-state index >= 15 is 0 Å². The van der Waals surface area contributed by atoms with Crippen molar-refractivity contribution >= 4 is 68.0 Å². The van der Waals surface area contributed by atoms with Crippen molar-refractivity contribution in [3.63, 3.8) is 0 Å². The molecule has 0 saturated heterocycles. The molecule has 0 radical (unpaired) electrons. The number of aryl methyl sites for hydroxylation is 1. The van der Waals surface area contributed by atoms with E-state index in [-0.39, 0.29) is 60.1 Å². The molecule has 0 spiro atoms. The maximum atomic E-state index is 13.4. The normalized spacial score (nSPS) is 21.6. The third-order valence-corrected chi connectivity index (χ3v) is 37.9. The summed E-state index contributed by atoms with van der Waals surface area (Å²) in [5.74, 6) is 0.485. The number of nitrogens with zero attached hydrogens (tertiary/aromatic N) is 1. The zero-order chi connectivity index (χ0) is 60.8. The third kappa shape index (κ3) is 21.1. The smallest absolute Gasteiger partial charge is 0.305 e. The van der Waals surface area contributed by atoms with Crippen LogP contribution >= 0.6 is 11.3 Å². The Bertz CT molecular complexity index is 2530. The molecule has 1 fully saturated rings. The maximum absolute atomic E-state index is 13.4. The number of ether oxygens (including phenoxy) is 1. The number of sulfonamides is 1. The molecule has 2 aliphatic rings. The van der Waals surface area contributed by atoms with Crippen molar-refractivity contribution in [2.45, 2.75) is 297 Å². The van der Waals surface area contributed by atoms with E-state index in [2.05, 4.69) is 144 Å². The van der Waals surface area contributed by atoms with Gasteiger partial charge in [0.2, 0.25) is 15.9 Å². The van der Waals surface area contributed by atoms with Crippen LogP contribution in [-0.4, -0.2) is 95.3 Å². The highest BCUT2D eigenvalue weighted by Crippen LogP contribution is 2.50. The van der Waals surface area contributed by atoms with Gasteiger partial charge in [0.05, 0.1) is 30.1 Å². The van der Waals surface area contributed by atoms with E-state index in [0.717, 1.165) is 109 Å². The van der Waals surface area contributed by atoms with Gasteiger partial charge in [0.15, 0.2) is 34.8 Å². The zero-order valence-corrected chi connectivity index (χ0v) is 59.0. The number of hydrogen-bond acceptors (Lipinski definition) is 11. The number of rotatable bonds is 33. The van der Waals surface area contributed by atoms with Crippen molar-refractivity contribution in [1.29, 1.82) is 0 Å². The van der Waals surface area contributed by atoms with Crippen molar-refractivity contribution in [3.05, 3.63) is 59.7 Å². The molecule has 1 amide bonds. The molecule has 7 atom stereocenters. The van der Waals surface area contributed by atoms with Crippen molar-refractivity contribution in [3.8, 4) is 0 Å². The Morgan fingerprint density at radius 1 is 0.741 bits per heavy atom. The zero-order valence-electron chi connectivity index (χ0n) is 53.5. The first-order chi connectivity index (χ1) is 37.4. The number of amides is 1. The molecular weight excluding hydrogens is 1130 g/mol. The van der Waals surface area contributed by atoms with Gasteiger partial charge < -0.3 is 22.9 Å². The Kier molecular flexibility index (Phi) is 27.0. The molecule has 1 saturated carbocycles. The van der Waals surface area contributed by atoms with Gasteiger partial charge in [-0.15, -0.1) is 11.3 Å². The number of nitrogens with two attached hydrogens (primary N) is 1. The van der Waals surface area contributed by atoms with Gasteiger partial charge in [-0.05, 0) is 162 Å². The predicted molar refractivity (Wildman–Crippen MR) is 344 cm³/mol. The van der Waals surface area contributed by atoms with Gasteiger partial charge in [-0.2, -0.15) is 0 Å². The minimum atomic E-state index is -4.08. The lowest BCUT2D eigenvalue weighted by atomic mass is 9.85. The van der Waals surface area contributed by atoms with Crippen molar-refractivity contribution in [2.75, 3.05) is 13.2 Å². The Morgan fingerprint density at radius 2 is 1.28 bits per heavy atom. The van der Waals surface area contributed by atoms with E-state index in [1.165, 1.54) is 11.6 Å². The highest BCUT2D eigenvalue weighted by atomic mass is 32.3. The van der Waals surface area contributed by atoms with Crippen LogP contribution in [0.2, 0.25) is 54.4 Å². The molecule has 464 valence electrons. The van der Waals surface area contributed by atoms with Crippen molar-refractivity contribution < 1.29 is 44.4 Å². The van der Waals surface area contributed by atoms with Gasteiger partial charge in [-0.1, -0.05) is 150 Å². The van der Waals surface area contributed by atoms with E-state index in [9.17, 15) is 26.4 Å². The first-order valence-electron chi connectivity index (χ1n) is 31.0. The van der Waals surface area contributed by atoms with Crippen LogP contribution in [0.5, 0.6) is 0 Å². The molecule has 1 aromatic heterocycles. The Hall–Kier alpha value is -2.01. The van der Waals surface area contributed by atoms with E-state index in [1.807, 2.05) is 6.92 Å². The first kappa shape index (κ1) is 71.5. The van der Waals surface area contributed by atoms with Crippen molar-refractivity contribution in [1.82, 2.24) is 4.90 Å². The molecule has 1 aliphatic heterocycles. The summed E-state index contributed by atoms with van der Waals surface area (Å²) in [6, 6.07) is 11.7. The molecule has 18 heteroatoms. The minimum Gasteiger partial charge on any atom is -0.466 e. The first-order valence-corrected chi connectivity index (χ1v) is 43.6. The highest BCUT2D eigenvalue weighted by Gasteiger charge is 2.51. The molecule has 2 N–H and O–H groups in total. The van der Waals surface area contributed by atoms with E-state index < -0.39 is 56.1 Å². The maximum Gasteiger partial charge on any atom is 0.305 e. The van der Waals surface area contributed by atoms with Gasteiger partial charge in [0.1, 0.15) is 8.42 Å². The van der Waals surface area contributed by atoms with Crippen LogP contribution in [0.3, 0.4) is 0 Å². The van der Waals surface area contributed by atoms with Crippen LogP contribution in [0.25, 0.3) is 0 Å². The average molecular weight is 1240 g/mol. The van der Waals surface area contributed by atoms with Gasteiger partial charge in [-0.25, -0.2) is 22.0 Å². The molecular formula is C63H112N2O10S3Si3. The number of thiophene rings is 1. The number of benzene rings is 1. The second-order valence-corrected chi connectivity index (χ2v) is 48.1. The number of carbonyl (C=O) groups excluding carboxylic acids is 2. The standard InChI is InChI=1S/C63H112N2O10S3Si3/c1-18-65(54-45-48(2)77(68,69)60-53(54)46-59(76-60)78(64,70)71)57(66)38-32-24-22-20-19-21-23-27-34-44-72-58(67)39-33-26-25-31-37-51-52(43-42-50(73-79(12,13)61(3,4)5)41-40-49-35-29-28-30-36-49)56(75-81(16,17)63(9,10)11)47-55(51)74-80(14,15)62(6,7)8/h25,28-31,35-36,46,48,50-52,54-56H,18-24,26-27,32-34,37-45,47H2,1-17H3,(H2,64,70,71)/b31-25-/t48-,50+,51+,52+,54-,55-,56+/m0/s1. The SMILES string of the molecule is CCN(C(=O)CCCCCCCCCCCOC(=O)CCC/C=C\C[C@@H]1[C@@H](CC[C@@H](CCc2ccccc2)O[Si](C)(C)C(C)(C)C)[C@H](O[Si](C)(C)C(C)(C)C)C[C@@H]1O[Si](C)(C)C(C)(C)C)[C@H]1C[C@H](C)S(=O)(=O)c2sc(S(N)(=O)=O)cc21. The summed E-state index contributed by atoms with van der Waals surface area (Å²) >= 11 is 0.679. The number of sulfone groups is 1. The topological polar surface area (TPSA) is 169 Å². The number of unbranched alkanes of at least 4 members (excludes halogenated alkanes) is 9. The van der Waals surface area contributed by atoms with Crippen LogP contribution in [-0.2, 0) is 53.9 Å². The quantitative estimate of drug-likeness (QED) is 0.0314. The molecule has 12 nitrogen and oxygen atoms in total. The Balaban J connectivity index is 1.23. The second kappa shape index (κ2) is 30.6. The predicted octanol–water partition coefficient (Wildman–Crippen LogP) is 16.6. The van der Waals surface area contributed by atoms with E-state index in [0.29, 0.717) is 54.7 Å². The Labute approximate surface area is 501 Å². The van der Waals surface area contributed by atoms with E-state index in [1.54, 1.807) is 11.8 Å². The van der Waals surface area contributed by atoms with Crippen LogP contribution in [0, 0.1) is 11.8 Å². The summed E-state index contributed by atoms with van der Waals surface area (Å²) in [5, 5.41) is 4.92. The van der Waals surface area contributed by atoms with Gasteiger partial charge >= 0.3 is 5.97 Å². The van der Waals surface area contributed by atoms with Crippen LogP contribution in [0.1, 0.15) is 215 Å². The lowest BCUT2D eigenvalue weighted by molar-refractivity contribution is -0.143.